The Bertz CT molecular complexity index is 462. The highest BCUT2D eigenvalue weighted by Crippen LogP contribution is 2.18. The van der Waals surface area contributed by atoms with Crippen LogP contribution in [0.15, 0.2) is 18.2 Å². The van der Waals surface area contributed by atoms with Crippen LogP contribution in [-0.4, -0.2) is 30.7 Å². The van der Waals surface area contributed by atoms with Crippen molar-refractivity contribution in [3.8, 4) is 0 Å². The molecule has 0 atom stereocenters. The highest BCUT2D eigenvalue weighted by molar-refractivity contribution is 6.01. The summed E-state index contributed by atoms with van der Waals surface area (Å²) in [6.45, 7) is 0.0145. The number of rotatable bonds is 6. The molecule has 0 aromatic heterocycles. The van der Waals surface area contributed by atoms with E-state index in [0.717, 1.165) is 12.1 Å². The van der Waals surface area contributed by atoms with E-state index in [9.17, 15) is 14.0 Å². The summed E-state index contributed by atoms with van der Waals surface area (Å²) in [5, 5.41) is 11.1. The first-order chi connectivity index (χ1) is 9.08. The van der Waals surface area contributed by atoms with Gasteiger partial charge >= 0.3 is 5.97 Å². The van der Waals surface area contributed by atoms with Gasteiger partial charge in [0.15, 0.2) is 0 Å². The van der Waals surface area contributed by atoms with Gasteiger partial charge < -0.3 is 15.2 Å². The second-order valence-electron chi connectivity index (χ2n) is 3.91. The van der Waals surface area contributed by atoms with Crippen molar-refractivity contribution >= 4 is 17.6 Å². The Balaban J connectivity index is 2.78. The largest absolute Gasteiger partial charge is 0.465 e. The number of ether oxygens (including phenoxy) is 1. The predicted octanol–water partition coefficient (Wildman–Crippen LogP) is 1.71. The SMILES string of the molecule is COC(=O)c1ccc(F)cc1NC(=O)CCCCO. The number of benzene rings is 1. The zero-order valence-electron chi connectivity index (χ0n) is 10.6. The number of esters is 1. The maximum Gasteiger partial charge on any atom is 0.339 e. The van der Waals surface area contributed by atoms with Crippen LogP contribution in [0.25, 0.3) is 0 Å². The Kier molecular flexibility index (Phi) is 5.95. The molecule has 0 heterocycles. The molecule has 19 heavy (non-hydrogen) atoms. The Morgan fingerprint density at radius 2 is 2.11 bits per heavy atom. The molecule has 0 unspecified atom stereocenters. The number of hydrogen-bond donors (Lipinski definition) is 2. The van der Waals surface area contributed by atoms with Gasteiger partial charge in [0.2, 0.25) is 5.91 Å². The van der Waals surface area contributed by atoms with Crippen molar-refractivity contribution < 1.29 is 23.8 Å². The maximum absolute atomic E-state index is 13.1. The van der Waals surface area contributed by atoms with Gasteiger partial charge in [-0.05, 0) is 31.0 Å². The van der Waals surface area contributed by atoms with Gasteiger partial charge in [-0.15, -0.1) is 0 Å². The summed E-state index contributed by atoms with van der Waals surface area (Å²) < 4.78 is 17.7. The molecule has 0 aliphatic heterocycles. The van der Waals surface area contributed by atoms with Gasteiger partial charge in [0.05, 0.1) is 18.4 Å². The quantitative estimate of drug-likeness (QED) is 0.609. The summed E-state index contributed by atoms with van der Waals surface area (Å²) in [6.07, 6.45) is 1.23. The fraction of sp³-hybridized carbons (Fsp3) is 0.385. The van der Waals surface area contributed by atoms with E-state index in [1.165, 1.54) is 13.2 Å². The molecule has 2 N–H and O–H groups in total. The van der Waals surface area contributed by atoms with Gasteiger partial charge in [0.25, 0.3) is 0 Å². The van der Waals surface area contributed by atoms with Gasteiger partial charge in [0, 0.05) is 13.0 Å². The van der Waals surface area contributed by atoms with Crippen LogP contribution in [0.4, 0.5) is 10.1 Å². The molecule has 0 radical (unpaired) electrons. The summed E-state index contributed by atoms with van der Waals surface area (Å²) in [5.41, 5.74) is 0.181. The van der Waals surface area contributed by atoms with Gasteiger partial charge in [0.1, 0.15) is 5.82 Å². The topological polar surface area (TPSA) is 75.6 Å². The molecule has 0 aliphatic rings. The molecule has 1 rings (SSSR count). The fourth-order valence-corrected chi connectivity index (χ4v) is 1.52. The number of carbonyl (C=O) groups is 2. The molecule has 0 saturated carbocycles. The van der Waals surface area contributed by atoms with E-state index in [4.69, 9.17) is 5.11 Å². The molecule has 5 nitrogen and oxygen atoms in total. The van der Waals surface area contributed by atoms with E-state index in [-0.39, 0.29) is 30.2 Å². The van der Waals surface area contributed by atoms with Crippen LogP contribution in [0, 0.1) is 5.82 Å². The number of halogens is 1. The van der Waals surface area contributed by atoms with E-state index in [1.54, 1.807) is 0 Å². The van der Waals surface area contributed by atoms with E-state index in [2.05, 4.69) is 10.1 Å². The average Bonchev–Trinajstić information content (AvgIpc) is 2.38. The zero-order chi connectivity index (χ0) is 14.3. The van der Waals surface area contributed by atoms with Crippen molar-refractivity contribution in [3.05, 3.63) is 29.6 Å². The first-order valence-electron chi connectivity index (χ1n) is 5.87. The van der Waals surface area contributed by atoms with E-state index >= 15 is 0 Å². The summed E-state index contributed by atoms with van der Waals surface area (Å²) in [6, 6.07) is 3.44. The number of hydrogen-bond acceptors (Lipinski definition) is 4. The lowest BCUT2D eigenvalue weighted by atomic mass is 10.1. The van der Waals surface area contributed by atoms with Crippen LogP contribution in [0.2, 0.25) is 0 Å². The van der Waals surface area contributed by atoms with Crippen molar-refractivity contribution in [1.29, 1.82) is 0 Å². The first-order valence-corrected chi connectivity index (χ1v) is 5.87. The predicted molar refractivity (Wildman–Crippen MR) is 67.3 cm³/mol. The Labute approximate surface area is 110 Å². The zero-order valence-corrected chi connectivity index (χ0v) is 10.6. The third-order valence-electron chi connectivity index (χ3n) is 2.47. The third kappa shape index (κ3) is 4.67. The van der Waals surface area contributed by atoms with Crippen LogP contribution in [0.5, 0.6) is 0 Å². The smallest absolute Gasteiger partial charge is 0.339 e. The molecule has 1 amide bonds. The second kappa shape index (κ2) is 7.48. The summed E-state index contributed by atoms with van der Waals surface area (Å²) >= 11 is 0. The maximum atomic E-state index is 13.1. The van der Waals surface area contributed by atoms with E-state index in [0.29, 0.717) is 12.8 Å². The molecule has 1 aromatic carbocycles. The van der Waals surface area contributed by atoms with Crippen LogP contribution in [0.3, 0.4) is 0 Å². The number of anilines is 1. The van der Waals surface area contributed by atoms with Crippen molar-refractivity contribution in [2.24, 2.45) is 0 Å². The van der Waals surface area contributed by atoms with Gasteiger partial charge in [-0.2, -0.15) is 0 Å². The number of unbranched alkanes of at least 4 members (excludes halogenated alkanes) is 1. The molecule has 0 saturated heterocycles. The van der Waals surface area contributed by atoms with E-state index in [1.807, 2.05) is 0 Å². The minimum Gasteiger partial charge on any atom is -0.465 e. The highest BCUT2D eigenvalue weighted by atomic mass is 19.1. The van der Waals surface area contributed by atoms with Gasteiger partial charge in [-0.3, -0.25) is 4.79 Å². The molecule has 0 fully saturated rings. The lowest BCUT2D eigenvalue weighted by Gasteiger charge is -2.09. The minimum atomic E-state index is -0.648. The van der Waals surface area contributed by atoms with Crippen LogP contribution in [0.1, 0.15) is 29.6 Å². The van der Waals surface area contributed by atoms with Crippen LogP contribution >= 0.6 is 0 Å². The minimum absolute atomic E-state index is 0.0145. The lowest BCUT2D eigenvalue weighted by Crippen LogP contribution is -2.15. The number of methoxy groups -OCH3 is 1. The second-order valence-corrected chi connectivity index (χ2v) is 3.91. The average molecular weight is 269 g/mol. The number of carbonyl (C=O) groups excluding carboxylic acids is 2. The molecule has 0 aliphatic carbocycles. The molecule has 0 spiro atoms. The first kappa shape index (κ1) is 15.1. The van der Waals surface area contributed by atoms with Gasteiger partial charge in [-0.25, -0.2) is 9.18 Å². The number of amides is 1. The van der Waals surface area contributed by atoms with Crippen molar-refractivity contribution in [1.82, 2.24) is 0 Å². The summed E-state index contributed by atoms with van der Waals surface area (Å²) in [7, 11) is 1.21. The Morgan fingerprint density at radius 3 is 2.74 bits per heavy atom. The lowest BCUT2D eigenvalue weighted by molar-refractivity contribution is -0.116. The Hall–Kier alpha value is -1.95. The molecule has 6 heteroatoms. The number of nitrogens with one attached hydrogen (secondary N) is 1. The monoisotopic (exact) mass is 269 g/mol. The Morgan fingerprint density at radius 1 is 1.37 bits per heavy atom. The fourth-order valence-electron chi connectivity index (χ4n) is 1.52. The van der Waals surface area contributed by atoms with Crippen molar-refractivity contribution in [3.63, 3.8) is 0 Å². The van der Waals surface area contributed by atoms with Crippen molar-refractivity contribution in [2.75, 3.05) is 19.0 Å². The molecule has 0 bridgehead atoms. The van der Waals surface area contributed by atoms with Crippen LogP contribution in [-0.2, 0) is 9.53 Å². The summed E-state index contributed by atoms with van der Waals surface area (Å²) in [5.74, 6) is -1.55. The van der Waals surface area contributed by atoms with Crippen LogP contribution < -0.4 is 5.32 Å². The standard InChI is InChI=1S/C13H16FNO4/c1-19-13(18)10-6-5-9(14)8-11(10)15-12(17)4-2-3-7-16/h5-6,8,16H,2-4,7H2,1H3,(H,15,17). The third-order valence-corrected chi connectivity index (χ3v) is 2.47. The molecule has 104 valence electrons. The molecular weight excluding hydrogens is 253 g/mol. The number of aliphatic hydroxyl groups excluding tert-OH is 1. The summed E-state index contributed by atoms with van der Waals surface area (Å²) in [4.78, 5) is 23.1. The molecular formula is C13H16FNO4. The van der Waals surface area contributed by atoms with E-state index < -0.39 is 11.8 Å². The van der Waals surface area contributed by atoms with Crippen molar-refractivity contribution in [2.45, 2.75) is 19.3 Å². The van der Waals surface area contributed by atoms with Gasteiger partial charge in [-0.1, -0.05) is 0 Å². The normalized spacial score (nSPS) is 10.1. The number of aliphatic hydroxyl groups is 1. The molecule has 1 aromatic rings. The highest BCUT2D eigenvalue weighted by Gasteiger charge is 2.14.